The normalized spacial score (nSPS) is 12.6. The van der Waals surface area contributed by atoms with Gasteiger partial charge in [0.05, 0.1) is 11.9 Å². The molecule has 0 unspecified atom stereocenters. The molecule has 1 atom stereocenters. The average Bonchev–Trinajstić information content (AvgIpc) is 2.74. The van der Waals surface area contributed by atoms with E-state index in [0.717, 1.165) is 17.4 Å². The van der Waals surface area contributed by atoms with Gasteiger partial charge in [0.15, 0.2) is 0 Å². The van der Waals surface area contributed by atoms with Crippen LogP contribution in [0.5, 0.6) is 0 Å². The molecule has 7 nitrogen and oxygen atoms in total. The Morgan fingerprint density at radius 3 is 2.12 bits per heavy atom. The highest BCUT2D eigenvalue weighted by Gasteiger charge is 2.28. The summed E-state index contributed by atoms with van der Waals surface area (Å²) >= 11 is 0. The highest BCUT2D eigenvalue weighted by molar-refractivity contribution is 7.92. The van der Waals surface area contributed by atoms with E-state index in [1.807, 2.05) is 70.2 Å². The van der Waals surface area contributed by atoms with Gasteiger partial charge in [0.25, 0.3) is 0 Å². The molecule has 0 saturated carbocycles. The first-order chi connectivity index (χ1) is 15.8. The Morgan fingerprint density at radius 1 is 1.00 bits per heavy atom. The van der Waals surface area contributed by atoms with Crippen molar-refractivity contribution >= 4 is 27.5 Å². The lowest BCUT2D eigenvalue weighted by Crippen LogP contribution is -2.52. The van der Waals surface area contributed by atoms with Crippen molar-refractivity contribution in [1.82, 2.24) is 10.2 Å². The van der Waals surface area contributed by atoms with Crippen molar-refractivity contribution in [3.8, 4) is 0 Å². The van der Waals surface area contributed by atoms with Gasteiger partial charge >= 0.3 is 0 Å². The predicted molar refractivity (Wildman–Crippen MR) is 137 cm³/mol. The standard InChI is InChI=1S/C26H37N3O4S/c1-20-14-16-23(17-15-20)29(34(6,32)33)18-10-13-24(30)28(19-22-11-8-7-9-12-22)21(2)25(31)27-26(3,4)5/h7-9,11-12,14-17,21H,10,13,18-19H2,1-6H3,(H,27,31)/t21-/m1/s1. The number of hydrogen-bond donors (Lipinski definition) is 1. The van der Waals surface area contributed by atoms with Crippen molar-refractivity contribution in [2.45, 2.75) is 65.6 Å². The van der Waals surface area contributed by atoms with Crippen LogP contribution in [0.4, 0.5) is 5.69 Å². The van der Waals surface area contributed by atoms with Gasteiger partial charge in [-0.3, -0.25) is 13.9 Å². The number of amides is 2. The van der Waals surface area contributed by atoms with Crippen LogP contribution in [0, 0.1) is 6.92 Å². The van der Waals surface area contributed by atoms with Crippen LogP contribution in [-0.2, 0) is 26.2 Å². The highest BCUT2D eigenvalue weighted by Crippen LogP contribution is 2.20. The van der Waals surface area contributed by atoms with E-state index in [0.29, 0.717) is 18.7 Å². The monoisotopic (exact) mass is 487 g/mol. The summed E-state index contributed by atoms with van der Waals surface area (Å²) in [6.45, 7) is 9.81. The summed E-state index contributed by atoms with van der Waals surface area (Å²) in [5.41, 5.74) is 2.10. The van der Waals surface area contributed by atoms with Gasteiger partial charge < -0.3 is 10.2 Å². The van der Waals surface area contributed by atoms with Crippen LogP contribution < -0.4 is 9.62 Å². The molecule has 8 heteroatoms. The molecule has 34 heavy (non-hydrogen) atoms. The lowest BCUT2D eigenvalue weighted by Gasteiger charge is -2.32. The maximum Gasteiger partial charge on any atom is 0.242 e. The summed E-state index contributed by atoms with van der Waals surface area (Å²) in [5, 5.41) is 2.94. The van der Waals surface area contributed by atoms with Crippen LogP contribution in [0.3, 0.4) is 0 Å². The Balaban J connectivity index is 2.15. The van der Waals surface area contributed by atoms with Gasteiger partial charge in [-0.05, 0) is 58.7 Å². The Labute approximate surface area is 204 Å². The summed E-state index contributed by atoms with van der Waals surface area (Å²) in [5.74, 6) is -0.424. The van der Waals surface area contributed by atoms with E-state index in [4.69, 9.17) is 0 Å². The molecule has 2 rings (SSSR count). The maximum atomic E-state index is 13.2. The molecule has 0 aromatic heterocycles. The Morgan fingerprint density at radius 2 is 1.59 bits per heavy atom. The summed E-state index contributed by atoms with van der Waals surface area (Å²) in [6, 6.07) is 16.1. The zero-order valence-electron chi connectivity index (χ0n) is 21.0. The van der Waals surface area contributed by atoms with Gasteiger partial charge in [-0.2, -0.15) is 0 Å². The lowest BCUT2D eigenvalue weighted by atomic mass is 10.1. The van der Waals surface area contributed by atoms with E-state index in [1.54, 1.807) is 24.0 Å². The van der Waals surface area contributed by atoms with Gasteiger partial charge in [0.1, 0.15) is 6.04 Å². The van der Waals surface area contributed by atoms with Crippen molar-refractivity contribution in [2.75, 3.05) is 17.1 Å². The first-order valence-electron chi connectivity index (χ1n) is 11.5. The highest BCUT2D eigenvalue weighted by atomic mass is 32.2. The quantitative estimate of drug-likeness (QED) is 0.551. The number of hydrogen-bond acceptors (Lipinski definition) is 4. The van der Waals surface area contributed by atoms with Crippen LogP contribution in [0.1, 0.15) is 51.7 Å². The van der Waals surface area contributed by atoms with Crippen molar-refractivity contribution < 1.29 is 18.0 Å². The molecular weight excluding hydrogens is 450 g/mol. The lowest BCUT2D eigenvalue weighted by molar-refractivity contribution is -0.141. The molecular formula is C26H37N3O4S. The largest absolute Gasteiger partial charge is 0.350 e. The number of aryl methyl sites for hydroxylation is 1. The number of nitrogens with one attached hydrogen (secondary N) is 1. The fourth-order valence-electron chi connectivity index (χ4n) is 3.55. The molecule has 2 aromatic carbocycles. The third kappa shape index (κ3) is 8.48. The van der Waals surface area contributed by atoms with Crippen LogP contribution in [0.25, 0.3) is 0 Å². The number of carbonyl (C=O) groups excluding carboxylic acids is 2. The molecule has 0 bridgehead atoms. The van der Waals surface area contributed by atoms with Crippen LogP contribution in [0.15, 0.2) is 54.6 Å². The smallest absolute Gasteiger partial charge is 0.242 e. The van der Waals surface area contributed by atoms with E-state index in [1.165, 1.54) is 4.31 Å². The SMILES string of the molecule is Cc1ccc(N(CCCC(=O)N(Cc2ccccc2)[C@H](C)C(=O)NC(C)(C)C)S(C)(=O)=O)cc1. The van der Waals surface area contributed by atoms with Crippen molar-refractivity contribution in [3.05, 3.63) is 65.7 Å². The summed E-state index contributed by atoms with van der Waals surface area (Å²) < 4.78 is 26.1. The third-order valence-electron chi connectivity index (χ3n) is 5.34. The first-order valence-corrected chi connectivity index (χ1v) is 13.3. The average molecular weight is 488 g/mol. The molecule has 2 aromatic rings. The van der Waals surface area contributed by atoms with Crippen LogP contribution in [0.2, 0.25) is 0 Å². The molecule has 0 radical (unpaired) electrons. The molecule has 0 fully saturated rings. The van der Waals surface area contributed by atoms with E-state index in [9.17, 15) is 18.0 Å². The van der Waals surface area contributed by atoms with Gasteiger partial charge in [-0.25, -0.2) is 8.42 Å². The number of sulfonamides is 1. The maximum absolute atomic E-state index is 13.2. The summed E-state index contributed by atoms with van der Waals surface area (Å²) in [4.78, 5) is 27.6. The number of benzene rings is 2. The fraction of sp³-hybridized carbons (Fsp3) is 0.462. The Bertz CT molecular complexity index is 1060. The molecule has 0 heterocycles. The van der Waals surface area contributed by atoms with Crippen molar-refractivity contribution in [1.29, 1.82) is 0 Å². The zero-order valence-corrected chi connectivity index (χ0v) is 21.9. The first kappa shape index (κ1) is 27.4. The number of anilines is 1. The van der Waals surface area contributed by atoms with Crippen molar-refractivity contribution in [3.63, 3.8) is 0 Å². The molecule has 0 aliphatic heterocycles. The minimum atomic E-state index is -3.50. The summed E-state index contributed by atoms with van der Waals surface area (Å²) in [6.07, 6.45) is 1.62. The number of carbonyl (C=O) groups is 2. The number of rotatable bonds is 10. The molecule has 186 valence electrons. The molecule has 0 saturated heterocycles. The Hall–Kier alpha value is -2.87. The van der Waals surface area contributed by atoms with E-state index >= 15 is 0 Å². The second-order valence-corrected chi connectivity index (χ2v) is 11.6. The minimum Gasteiger partial charge on any atom is -0.350 e. The second kappa shape index (κ2) is 11.5. The minimum absolute atomic E-state index is 0.123. The van der Waals surface area contributed by atoms with Gasteiger partial charge in [0.2, 0.25) is 21.8 Å². The summed E-state index contributed by atoms with van der Waals surface area (Å²) in [7, 11) is -3.50. The second-order valence-electron chi connectivity index (χ2n) is 9.70. The van der Waals surface area contributed by atoms with Gasteiger partial charge in [-0.1, -0.05) is 48.0 Å². The predicted octanol–water partition coefficient (Wildman–Crippen LogP) is 3.87. The van der Waals surface area contributed by atoms with Crippen LogP contribution >= 0.6 is 0 Å². The van der Waals surface area contributed by atoms with Gasteiger partial charge in [0, 0.05) is 25.0 Å². The fourth-order valence-corrected chi connectivity index (χ4v) is 4.52. The molecule has 0 spiro atoms. The molecule has 2 amide bonds. The van der Waals surface area contributed by atoms with Crippen molar-refractivity contribution in [2.24, 2.45) is 0 Å². The van der Waals surface area contributed by atoms with E-state index in [-0.39, 0.29) is 24.8 Å². The zero-order chi connectivity index (χ0) is 25.5. The van der Waals surface area contributed by atoms with E-state index in [2.05, 4.69) is 5.32 Å². The Kier molecular flexibility index (Phi) is 9.27. The topological polar surface area (TPSA) is 86.8 Å². The molecule has 0 aliphatic carbocycles. The molecule has 1 N–H and O–H groups in total. The molecule has 0 aliphatic rings. The van der Waals surface area contributed by atoms with E-state index < -0.39 is 21.6 Å². The van der Waals surface area contributed by atoms with Crippen LogP contribution in [-0.4, -0.2) is 49.5 Å². The van der Waals surface area contributed by atoms with Gasteiger partial charge in [-0.15, -0.1) is 0 Å². The third-order valence-corrected chi connectivity index (χ3v) is 6.53. The number of nitrogens with zero attached hydrogens (tertiary/aromatic N) is 2.